The molecule has 0 saturated carbocycles. The predicted octanol–water partition coefficient (Wildman–Crippen LogP) is 2.73. The molecule has 70 valence electrons. The number of hydrogen-bond acceptors (Lipinski definition) is 2. The molecule has 4 heteroatoms. The summed E-state index contributed by atoms with van der Waals surface area (Å²) in [5.74, 6) is 0. The van der Waals surface area contributed by atoms with Crippen molar-refractivity contribution >= 4 is 15.9 Å². The molecule has 0 amide bonds. The molecule has 0 spiro atoms. The van der Waals surface area contributed by atoms with Crippen molar-refractivity contribution in [3.63, 3.8) is 0 Å². The van der Waals surface area contributed by atoms with E-state index in [0.717, 1.165) is 16.8 Å². The van der Waals surface area contributed by atoms with Crippen LogP contribution in [-0.2, 0) is 11.3 Å². The predicted molar refractivity (Wildman–Crippen MR) is 53.0 cm³/mol. The van der Waals surface area contributed by atoms with Gasteiger partial charge in [0, 0.05) is 6.61 Å². The van der Waals surface area contributed by atoms with Gasteiger partial charge in [-0.1, -0.05) is 13.8 Å². The van der Waals surface area contributed by atoms with E-state index in [-0.39, 0.29) is 0 Å². The number of rotatable bonds is 3. The average Bonchev–Trinajstić information content (AvgIpc) is 2.51. The lowest BCUT2D eigenvalue weighted by molar-refractivity contribution is 0.131. The van der Waals surface area contributed by atoms with Crippen molar-refractivity contribution in [1.29, 1.82) is 0 Å². The first-order valence-electron chi connectivity index (χ1n) is 4.10. The van der Waals surface area contributed by atoms with Gasteiger partial charge in [-0.2, -0.15) is 5.10 Å². The van der Waals surface area contributed by atoms with Crippen LogP contribution >= 0.6 is 15.9 Å². The minimum absolute atomic E-state index is 0.594. The molecule has 0 fully saturated rings. The first-order chi connectivity index (χ1) is 5.84. The molecule has 12 heavy (non-hydrogen) atoms. The van der Waals surface area contributed by atoms with Gasteiger partial charge in [0.05, 0.1) is 23.0 Å². The largest absolute Gasteiger partial charge is 0.375 e. The summed E-state index contributed by atoms with van der Waals surface area (Å²) in [5, 5.41) is 6.64. The van der Waals surface area contributed by atoms with Crippen LogP contribution in [0, 0.1) is 0 Å². The highest BCUT2D eigenvalue weighted by atomic mass is 79.9. The topological polar surface area (TPSA) is 37.9 Å². The molecule has 1 N–H and O–H groups in total. The maximum Gasteiger partial charge on any atom is 0.0893 e. The molecule has 0 aliphatic carbocycles. The fourth-order valence-electron chi connectivity index (χ4n) is 0.604. The van der Waals surface area contributed by atoms with Gasteiger partial charge in [-0.3, -0.25) is 5.10 Å². The SMILES string of the molecule is CC.CCOCc1[nH]ncc1Br. The van der Waals surface area contributed by atoms with Gasteiger partial charge in [-0.25, -0.2) is 0 Å². The van der Waals surface area contributed by atoms with Crippen LogP contribution in [-0.4, -0.2) is 16.8 Å². The Bertz CT molecular complexity index is 201. The molecule has 0 saturated heterocycles. The summed E-state index contributed by atoms with van der Waals surface area (Å²) in [5.41, 5.74) is 0.988. The zero-order valence-electron chi connectivity index (χ0n) is 7.72. The smallest absolute Gasteiger partial charge is 0.0893 e. The number of H-pyrrole nitrogens is 1. The summed E-state index contributed by atoms with van der Waals surface area (Å²) < 4.78 is 6.13. The summed E-state index contributed by atoms with van der Waals surface area (Å²) in [4.78, 5) is 0. The second-order valence-electron chi connectivity index (χ2n) is 1.83. The number of nitrogens with zero attached hydrogens (tertiary/aromatic N) is 1. The normalized spacial score (nSPS) is 9.00. The molecular formula is C8H15BrN2O. The maximum atomic E-state index is 5.16. The van der Waals surface area contributed by atoms with E-state index in [1.165, 1.54) is 0 Å². The van der Waals surface area contributed by atoms with E-state index in [4.69, 9.17) is 4.74 Å². The van der Waals surface area contributed by atoms with Gasteiger partial charge in [0.2, 0.25) is 0 Å². The monoisotopic (exact) mass is 234 g/mol. The number of aromatic amines is 1. The molecule has 3 nitrogen and oxygen atoms in total. The maximum absolute atomic E-state index is 5.16. The molecule has 1 heterocycles. The van der Waals surface area contributed by atoms with Crippen molar-refractivity contribution in [2.75, 3.05) is 6.61 Å². The standard InChI is InChI=1S/C6H9BrN2O.C2H6/c1-2-10-4-6-5(7)3-8-9-6;1-2/h3H,2,4H2,1H3,(H,8,9);1-2H3. The lowest BCUT2D eigenvalue weighted by atomic mass is 10.5. The van der Waals surface area contributed by atoms with E-state index >= 15 is 0 Å². The van der Waals surface area contributed by atoms with Crippen LogP contribution in [0.5, 0.6) is 0 Å². The Morgan fingerprint density at radius 3 is 2.67 bits per heavy atom. The van der Waals surface area contributed by atoms with Crippen molar-refractivity contribution in [1.82, 2.24) is 10.2 Å². The molecular weight excluding hydrogens is 220 g/mol. The first-order valence-corrected chi connectivity index (χ1v) is 4.89. The van der Waals surface area contributed by atoms with Crippen molar-refractivity contribution in [3.05, 3.63) is 16.4 Å². The highest BCUT2D eigenvalue weighted by Gasteiger charge is 1.99. The van der Waals surface area contributed by atoms with Crippen molar-refractivity contribution < 1.29 is 4.74 Å². The van der Waals surface area contributed by atoms with Crippen LogP contribution in [0.25, 0.3) is 0 Å². The molecule has 0 aliphatic heterocycles. The van der Waals surface area contributed by atoms with Crippen molar-refractivity contribution in [2.24, 2.45) is 0 Å². The van der Waals surface area contributed by atoms with Crippen molar-refractivity contribution in [3.8, 4) is 0 Å². The van der Waals surface area contributed by atoms with Gasteiger partial charge in [0.1, 0.15) is 0 Å². The number of ether oxygens (including phenoxy) is 1. The number of nitrogens with one attached hydrogen (secondary N) is 1. The molecule has 1 rings (SSSR count). The minimum atomic E-state index is 0.594. The third-order valence-corrected chi connectivity index (χ3v) is 1.80. The third-order valence-electron chi connectivity index (χ3n) is 1.12. The van der Waals surface area contributed by atoms with Crippen LogP contribution in [0.15, 0.2) is 10.7 Å². The Morgan fingerprint density at radius 1 is 1.58 bits per heavy atom. The average molecular weight is 235 g/mol. The Hall–Kier alpha value is -0.350. The Balaban J connectivity index is 0.000000561. The van der Waals surface area contributed by atoms with Crippen molar-refractivity contribution in [2.45, 2.75) is 27.4 Å². The van der Waals surface area contributed by atoms with Crippen LogP contribution < -0.4 is 0 Å². The fourth-order valence-corrected chi connectivity index (χ4v) is 0.909. The molecule has 0 radical (unpaired) electrons. The summed E-state index contributed by atoms with van der Waals surface area (Å²) >= 11 is 3.32. The highest BCUT2D eigenvalue weighted by molar-refractivity contribution is 9.10. The molecule has 0 unspecified atom stereocenters. The van der Waals surface area contributed by atoms with E-state index in [1.807, 2.05) is 20.8 Å². The second kappa shape index (κ2) is 7.31. The van der Waals surface area contributed by atoms with Gasteiger partial charge in [0.15, 0.2) is 0 Å². The van der Waals surface area contributed by atoms with Crippen LogP contribution in [0.4, 0.5) is 0 Å². The molecule has 0 bridgehead atoms. The third kappa shape index (κ3) is 3.88. The number of hydrogen-bond donors (Lipinski definition) is 1. The Morgan fingerprint density at radius 2 is 2.25 bits per heavy atom. The van der Waals surface area contributed by atoms with E-state index in [2.05, 4.69) is 26.1 Å². The summed E-state index contributed by atoms with van der Waals surface area (Å²) in [6.07, 6.45) is 1.72. The lowest BCUT2D eigenvalue weighted by Gasteiger charge is -1.96. The second-order valence-corrected chi connectivity index (χ2v) is 2.69. The van der Waals surface area contributed by atoms with Gasteiger partial charge < -0.3 is 4.74 Å². The zero-order valence-corrected chi connectivity index (χ0v) is 9.31. The van der Waals surface area contributed by atoms with Crippen LogP contribution in [0.3, 0.4) is 0 Å². The Kier molecular flexibility index (Phi) is 7.09. The lowest BCUT2D eigenvalue weighted by Crippen LogP contribution is -1.92. The summed E-state index contributed by atoms with van der Waals surface area (Å²) in [6.45, 7) is 7.28. The molecule has 0 aromatic carbocycles. The summed E-state index contributed by atoms with van der Waals surface area (Å²) in [6, 6.07) is 0. The fraction of sp³-hybridized carbons (Fsp3) is 0.625. The number of halogens is 1. The van der Waals surface area contributed by atoms with Gasteiger partial charge in [-0.15, -0.1) is 0 Å². The molecule has 0 aliphatic rings. The van der Waals surface area contributed by atoms with E-state index in [0.29, 0.717) is 6.61 Å². The molecule has 1 aromatic heterocycles. The first kappa shape index (κ1) is 11.6. The van der Waals surface area contributed by atoms with Gasteiger partial charge in [0.25, 0.3) is 0 Å². The molecule has 0 atom stereocenters. The minimum Gasteiger partial charge on any atom is -0.375 e. The quantitative estimate of drug-likeness (QED) is 0.874. The van der Waals surface area contributed by atoms with Crippen LogP contribution in [0.1, 0.15) is 26.5 Å². The van der Waals surface area contributed by atoms with Crippen LogP contribution in [0.2, 0.25) is 0 Å². The Labute approximate surface area is 81.6 Å². The summed E-state index contributed by atoms with van der Waals surface area (Å²) in [7, 11) is 0. The van der Waals surface area contributed by atoms with Gasteiger partial charge in [-0.05, 0) is 22.9 Å². The molecule has 1 aromatic rings. The van der Waals surface area contributed by atoms with E-state index in [9.17, 15) is 0 Å². The van der Waals surface area contributed by atoms with Gasteiger partial charge >= 0.3 is 0 Å². The zero-order chi connectivity index (χ0) is 9.40. The highest BCUT2D eigenvalue weighted by Crippen LogP contribution is 2.12. The number of aromatic nitrogens is 2. The van der Waals surface area contributed by atoms with E-state index < -0.39 is 0 Å². The van der Waals surface area contributed by atoms with E-state index in [1.54, 1.807) is 6.20 Å².